The summed E-state index contributed by atoms with van der Waals surface area (Å²) in [6.45, 7) is 6.51. The van der Waals surface area contributed by atoms with Gasteiger partial charge in [0.15, 0.2) is 5.69 Å². The minimum Gasteiger partial charge on any atom is -0.447 e. The van der Waals surface area contributed by atoms with Gasteiger partial charge in [0.1, 0.15) is 12.1 Å². The molecule has 0 aliphatic heterocycles. The van der Waals surface area contributed by atoms with Crippen LogP contribution in [-0.4, -0.2) is 28.9 Å². The molecule has 0 radical (unpaired) electrons. The lowest BCUT2D eigenvalue weighted by Crippen LogP contribution is -2.28. The number of nitrogens with one attached hydrogen (secondary N) is 1. The number of rotatable bonds is 9. The lowest BCUT2D eigenvalue weighted by Gasteiger charge is -2.20. The fourth-order valence-corrected chi connectivity index (χ4v) is 2.78. The topological polar surface area (TPSA) is 58.4 Å². The van der Waals surface area contributed by atoms with Gasteiger partial charge in [0.2, 0.25) is 5.89 Å². The van der Waals surface area contributed by atoms with Crippen LogP contribution in [0, 0.1) is 17.7 Å². The molecule has 26 heavy (non-hydrogen) atoms. The highest BCUT2D eigenvalue weighted by Crippen LogP contribution is 2.30. The number of benzene rings is 1. The fourth-order valence-electron chi connectivity index (χ4n) is 2.78. The van der Waals surface area contributed by atoms with E-state index in [0.717, 1.165) is 6.54 Å². The third-order valence-corrected chi connectivity index (χ3v) is 4.38. The molecule has 0 atom stereocenters. The summed E-state index contributed by atoms with van der Waals surface area (Å²) in [7, 11) is 0. The fraction of sp³-hybridized carbons (Fsp3) is 0.500. The molecule has 1 fully saturated rings. The van der Waals surface area contributed by atoms with Crippen LogP contribution in [0.5, 0.6) is 0 Å². The third kappa shape index (κ3) is 5.39. The highest BCUT2D eigenvalue weighted by molar-refractivity contribution is 5.91. The van der Waals surface area contributed by atoms with Crippen LogP contribution < -0.4 is 5.32 Å². The van der Waals surface area contributed by atoms with Gasteiger partial charge in [0.05, 0.1) is 6.54 Å². The summed E-state index contributed by atoms with van der Waals surface area (Å²) in [5.41, 5.74) is 0.951. The Labute approximate surface area is 153 Å². The summed E-state index contributed by atoms with van der Waals surface area (Å²) in [5, 5.41) is 2.83. The van der Waals surface area contributed by atoms with Gasteiger partial charge in [-0.15, -0.1) is 0 Å². The molecule has 6 heteroatoms. The number of carbonyl (C=O) groups excluding carboxylic acids is 1. The number of nitrogens with zero attached hydrogens (tertiary/aromatic N) is 2. The Kier molecular flexibility index (Phi) is 6.04. The third-order valence-electron chi connectivity index (χ3n) is 4.38. The van der Waals surface area contributed by atoms with E-state index in [1.165, 1.54) is 25.2 Å². The second kappa shape index (κ2) is 8.45. The van der Waals surface area contributed by atoms with Crippen molar-refractivity contribution in [1.82, 2.24) is 15.2 Å². The maximum absolute atomic E-state index is 14.0. The van der Waals surface area contributed by atoms with Crippen molar-refractivity contribution in [3.63, 3.8) is 0 Å². The summed E-state index contributed by atoms with van der Waals surface area (Å²) >= 11 is 0. The average molecular weight is 359 g/mol. The van der Waals surface area contributed by atoms with E-state index in [4.69, 9.17) is 4.42 Å². The molecule has 0 bridgehead atoms. The average Bonchev–Trinajstić information content (AvgIpc) is 3.29. The number of halogens is 1. The van der Waals surface area contributed by atoms with Crippen molar-refractivity contribution in [1.29, 1.82) is 0 Å². The van der Waals surface area contributed by atoms with Crippen molar-refractivity contribution in [3.05, 3.63) is 53.5 Å². The summed E-state index contributed by atoms with van der Waals surface area (Å²) in [4.78, 5) is 18.5. The quantitative estimate of drug-likeness (QED) is 0.743. The Morgan fingerprint density at radius 1 is 1.35 bits per heavy atom. The molecule has 140 valence electrons. The van der Waals surface area contributed by atoms with E-state index in [0.29, 0.717) is 42.9 Å². The smallest absolute Gasteiger partial charge is 0.273 e. The van der Waals surface area contributed by atoms with Crippen molar-refractivity contribution in [2.45, 2.75) is 39.8 Å². The van der Waals surface area contributed by atoms with E-state index >= 15 is 0 Å². The van der Waals surface area contributed by atoms with Crippen LogP contribution in [0.2, 0.25) is 0 Å². The highest BCUT2D eigenvalue weighted by Gasteiger charge is 2.26. The van der Waals surface area contributed by atoms with Crippen molar-refractivity contribution in [3.8, 4) is 0 Å². The van der Waals surface area contributed by atoms with Gasteiger partial charge in [-0.3, -0.25) is 9.69 Å². The SMILES string of the molecule is CC(C)CNC(=O)c1coc(CN(Cc2ccccc2F)CC2CC2)n1. The molecule has 5 nitrogen and oxygen atoms in total. The molecule has 1 saturated carbocycles. The molecule has 1 amide bonds. The van der Waals surface area contributed by atoms with Crippen LogP contribution in [0.4, 0.5) is 4.39 Å². The summed E-state index contributed by atoms with van der Waals surface area (Å²) in [6, 6.07) is 6.82. The van der Waals surface area contributed by atoms with Gasteiger partial charge in [0.25, 0.3) is 5.91 Å². The first-order valence-corrected chi connectivity index (χ1v) is 9.19. The number of aromatic nitrogens is 1. The maximum Gasteiger partial charge on any atom is 0.273 e. The number of hydrogen-bond donors (Lipinski definition) is 1. The predicted molar refractivity (Wildman–Crippen MR) is 96.9 cm³/mol. The zero-order valence-corrected chi connectivity index (χ0v) is 15.4. The molecule has 2 aromatic rings. The number of amides is 1. The first-order chi connectivity index (χ1) is 12.5. The Balaban J connectivity index is 1.63. The van der Waals surface area contributed by atoms with Gasteiger partial charge in [-0.2, -0.15) is 0 Å². The Morgan fingerprint density at radius 2 is 2.12 bits per heavy atom. The molecule has 0 spiro atoms. The van der Waals surface area contributed by atoms with E-state index < -0.39 is 0 Å². The van der Waals surface area contributed by atoms with E-state index in [1.54, 1.807) is 12.1 Å². The molecule has 1 aromatic heterocycles. The molecule has 1 aliphatic carbocycles. The monoisotopic (exact) mass is 359 g/mol. The largest absolute Gasteiger partial charge is 0.447 e. The van der Waals surface area contributed by atoms with Crippen molar-refractivity contribution in [2.24, 2.45) is 11.8 Å². The Hall–Kier alpha value is -2.21. The van der Waals surface area contributed by atoms with Crippen LogP contribution in [0.1, 0.15) is 48.6 Å². The molecule has 1 N–H and O–H groups in total. The molecule has 1 heterocycles. The number of carbonyl (C=O) groups is 1. The van der Waals surface area contributed by atoms with Crippen molar-refractivity contribution >= 4 is 5.91 Å². The second-order valence-corrected chi connectivity index (χ2v) is 7.43. The van der Waals surface area contributed by atoms with Crippen LogP contribution in [0.3, 0.4) is 0 Å². The van der Waals surface area contributed by atoms with E-state index in [2.05, 4.69) is 15.2 Å². The van der Waals surface area contributed by atoms with Gasteiger partial charge < -0.3 is 9.73 Å². The molecule has 3 rings (SSSR count). The van der Waals surface area contributed by atoms with Crippen molar-refractivity contribution < 1.29 is 13.6 Å². The second-order valence-electron chi connectivity index (χ2n) is 7.43. The zero-order chi connectivity index (χ0) is 18.5. The summed E-state index contributed by atoms with van der Waals surface area (Å²) in [5.74, 6) is 1.09. The van der Waals surface area contributed by atoms with Gasteiger partial charge in [-0.05, 0) is 30.7 Å². The maximum atomic E-state index is 14.0. The minimum absolute atomic E-state index is 0.200. The van der Waals surface area contributed by atoms with Gasteiger partial charge in [-0.25, -0.2) is 9.37 Å². The molecular weight excluding hydrogens is 333 g/mol. The molecule has 0 unspecified atom stereocenters. The molecule has 1 aliphatic rings. The first-order valence-electron chi connectivity index (χ1n) is 9.19. The minimum atomic E-state index is -0.225. The van der Waals surface area contributed by atoms with Crippen LogP contribution >= 0.6 is 0 Å². The lowest BCUT2D eigenvalue weighted by molar-refractivity contribution is 0.0944. The Morgan fingerprint density at radius 3 is 2.81 bits per heavy atom. The molecule has 0 saturated heterocycles. The molecular formula is C20H26FN3O2. The van der Waals surface area contributed by atoms with Crippen LogP contribution in [0.25, 0.3) is 0 Å². The normalized spacial score (nSPS) is 14.2. The standard InChI is InChI=1S/C20H26FN3O2/c1-14(2)9-22-20(25)18-13-26-19(23-18)12-24(10-15-7-8-15)11-16-5-3-4-6-17(16)21/h3-6,13-15H,7-12H2,1-2H3,(H,22,25). The predicted octanol–water partition coefficient (Wildman–Crippen LogP) is 3.61. The summed E-state index contributed by atoms with van der Waals surface area (Å²) < 4.78 is 19.5. The number of hydrogen-bond acceptors (Lipinski definition) is 4. The highest BCUT2D eigenvalue weighted by atomic mass is 19.1. The molecule has 1 aromatic carbocycles. The first kappa shape index (κ1) is 18.6. The van der Waals surface area contributed by atoms with Crippen LogP contribution in [-0.2, 0) is 13.1 Å². The van der Waals surface area contributed by atoms with Gasteiger partial charge in [-0.1, -0.05) is 32.0 Å². The summed E-state index contributed by atoms with van der Waals surface area (Å²) in [6.07, 6.45) is 3.81. The zero-order valence-electron chi connectivity index (χ0n) is 15.4. The van der Waals surface area contributed by atoms with E-state index in [1.807, 2.05) is 19.9 Å². The van der Waals surface area contributed by atoms with Crippen molar-refractivity contribution in [2.75, 3.05) is 13.1 Å². The van der Waals surface area contributed by atoms with E-state index in [-0.39, 0.29) is 17.4 Å². The number of oxazole rings is 1. The Bertz CT molecular complexity index is 740. The van der Waals surface area contributed by atoms with Crippen LogP contribution in [0.15, 0.2) is 34.9 Å². The van der Waals surface area contributed by atoms with Gasteiger partial charge >= 0.3 is 0 Å². The lowest BCUT2D eigenvalue weighted by atomic mass is 10.2. The van der Waals surface area contributed by atoms with E-state index in [9.17, 15) is 9.18 Å². The van der Waals surface area contributed by atoms with Gasteiger partial charge in [0, 0.05) is 25.2 Å².